The van der Waals surface area contributed by atoms with E-state index in [4.69, 9.17) is 9.15 Å². The molecule has 1 aliphatic rings. The highest BCUT2D eigenvalue weighted by molar-refractivity contribution is 6.24. The first-order valence-electron chi connectivity index (χ1n) is 15.0. The fourth-order valence-electron chi connectivity index (χ4n) is 7.25. The van der Waals surface area contributed by atoms with Crippen LogP contribution in [0.3, 0.4) is 0 Å². The average molecular weight is 561 g/mol. The summed E-state index contributed by atoms with van der Waals surface area (Å²) in [7, 11) is 0. The summed E-state index contributed by atoms with van der Waals surface area (Å²) in [6.45, 7) is 0. The summed E-state index contributed by atoms with van der Waals surface area (Å²) in [5.41, 5.74) is 8.70. The zero-order valence-corrected chi connectivity index (χ0v) is 23.7. The Balaban J connectivity index is 1.17. The van der Waals surface area contributed by atoms with Crippen LogP contribution in [-0.4, -0.2) is 0 Å². The Kier molecular flexibility index (Phi) is 4.75. The Morgan fingerprint density at radius 2 is 0.977 bits per heavy atom. The minimum absolute atomic E-state index is 0.865. The molecule has 2 heteroatoms. The molecule has 8 aromatic carbocycles. The van der Waals surface area contributed by atoms with Crippen LogP contribution in [0.5, 0.6) is 11.5 Å². The van der Waals surface area contributed by atoms with E-state index >= 15 is 0 Å². The fraction of sp³-hybridized carbons (Fsp3) is 0. The van der Waals surface area contributed by atoms with E-state index < -0.39 is 0 Å². The van der Waals surface area contributed by atoms with Crippen molar-refractivity contribution in [1.29, 1.82) is 0 Å². The number of hydrogen-bond acceptors (Lipinski definition) is 2. The highest BCUT2D eigenvalue weighted by Crippen LogP contribution is 2.51. The Morgan fingerprint density at radius 1 is 0.341 bits per heavy atom. The van der Waals surface area contributed by atoms with Gasteiger partial charge in [-0.1, -0.05) is 109 Å². The standard InChI is InChI=1S/C42H24O2/c1-3-12-29-25(8-1)10-5-14-31(29)27-18-20-33-36-24-40-41(35-16-7-17-37(42(35)36)43-38(33)22-27)34-21-19-28(23-39(34)44-40)32-15-6-11-26-9-2-4-13-30(26)32/h1-24H. The van der Waals surface area contributed by atoms with E-state index in [1.807, 2.05) is 0 Å². The maximum absolute atomic E-state index is 6.66. The summed E-state index contributed by atoms with van der Waals surface area (Å²) in [5.74, 6) is 1.74. The smallest absolute Gasteiger partial charge is 0.136 e. The lowest BCUT2D eigenvalue weighted by Crippen LogP contribution is -1.97. The molecule has 1 aliphatic heterocycles. The van der Waals surface area contributed by atoms with Crippen LogP contribution in [0.25, 0.3) is 87.6 Å². The molecule has 44 heavy (non-hydrogen) atoms. The number of furan rings is 1. The second-order valence-electron chi connectivity index (χ2n) is 11.7. The molecule has 0 aliphatic carbocycles. The molecule has 0 bridgehead atoms. The van der Waals surface area contributed by atoms with Crippen LogP contribution in [0.2, 0.25) is 0 Å². The van der Waals surface area contributed by atoms with Crippen molar-refractivity contribution in [1.82, 2.24) is 0 Å². The van der Waals surface area contributed by atoms with Gasteiger partial charge >= 0.3 is 0 Å². The molecule has 0 saturated heterocycles. The molecule has 0 atom stereocenters. The molecule has 2 nitrogen and oxygen atoms in total. The van der Waals surface area contributed by atoms with Crippen molar-refractivity contribution in [3.63, 3.8) is 0 Å². The normalized spacial score (nSPS) is 12.3. The predicted octanol–water partition coefficient (Wildman–Crippen LogP) is 12.2. The Bertz CT molecular complexity index is 2630. The van der Waals surface area contributed by atoms with Crippen molar-refractivity contribution < 1.29 is 9.15 Å². The minimum atomic E-state index is 0.865. The topological polar surface area (TPSA) is 22.4 Å². The Morgan fingerprint density at radius 3 is 1.75 bits per heavy atom. The van der Waals surface area contributed by atoms with Gasteiger partial charge in [-0.25, -0.2) is 0 Å². The zero-order valence-electron chi connectivity index (χ0n) is 23.7. The Hall–Kier alpha value is -5.86. The number of hydrogen-bond donors (Lipinski definition) is 0. The molecule has 0 unspecified atom stereocenters. The van der Waals surface area contributed by atoms with Crippen LogP contribution in [0.1, 0.15) is 0 Å². The van der Waals surface area contributed by atoms with E-state index in [-0.39, 0.29) is 0 Å². The van der Waals surface area contributed by atoms with Crippen LogP contribution < -0.4 is 4.74 Å². The molecule has 10 rings (SSSR count). The number of benzene rings is 8. The van der Waals surface area contributed by atoms with E-state index in [2.05, 4.69) is 146 Å². The second kappa shape index (κ2) is 8.82. The fourth-order valence-corrected chi connectivity index (χ4v) is 7.25. The molecule has 0 amide bonds. The average Bonchev–Trinajstić information content (AvgIpc) is 3.45. The van der Waals surface area contributed by atoms with Gasteiger partial charge in [0.15, 0.2) is 0 Å². The van der Waals surface area contributed by atoms with Crippen molar-refractivity contribution in [2.75, 3.05) is 0 Å². The van der Waals surface area contributed by atoms with Gasteiger partial charge in [0.2, 0.25) is 0 Å². The van der Waals surface area contributed by atoms with Crippen LogP contribution in [-0.2, 0) is 0 Å². The third-order valence-electron chi connectivity index (χ3n) is 9.25. The van der Waals surface area contributed by atoms with Crippen molar-refractivity contribution in [3.05, 3.63) is 146 Å². The monoisotopic (exact) mass is 560 g/mol. The van der Waals surface area contributed by atoms with E-state index in [0.717, 1.165) is 66.5 Å². The first kappa shape index (κ1) is 23.7. The maximum Gasteiger partial charge on any atom is 0.136 e. The van der Waals surface area contributed by atoms with E-state index in [1.54, 1.807) is 0 Å². The minimum Gasteiger partial charge on any atom is -0.456 e. The van der Waals surface area contributed by atoms with Crippen molar-refractivity contribution >= 4 is 54.3 Å². The third kappa shape index (κ3) is 3.31. The molecule has 204 valence electrons. The molecular weight excluding hydrogens is 536 g/mol. The van der Waals surface area contributed by atoms with Gasteiger partial charge in [-0.3, -0.25) is 0 Å². The van der Waals surface area contributed by atoms with Crippen LogP contribution in [0.15, 0.2) is 150 Å². The van der Waals surface area contributed by atoms with Crippen molar-refractivity contribution in [2.24, 2.45) is 0 Å². The van der Waals surface area contributed by atoms with Gasteiger partial charge in [0, 0.05) is 27.3 Å². The van der Waals surface area contributed by atoms with Crippen LogP contribution in [0.4, 0.5) is 0 Å². The summed E-state index contributed by atoms with van der Waals surface area (Å²) in [6, 6.07) is 51.8. The van der Waals surface area contributed by atoms with Gasteiger partial charge in [-0.05, 0) is 85.6 Å². The lowest BCUT2D eigenvalue weighted by atomic mass is 9.90. The number of rotatable bonds is 2. The van der Waals surface area contributed by atoms with Gasteiger partial charge in [-0.15, -0.1) is 0 Å². The molecule has 0 spiro atoms. The van der Waals surface area contributed by atoms with Gasteiger partial charge in [0.1, 0.15) is 22.7 Å². The highest BCUT2D eigenvalue weighted by Gasteiger charge is 2.24. The summed E-state index contributed by atoms with van der Waals surface area (Å²) in [4.78, 5) is 0. The summed E-state index contributed by atoms with van der Waals surface area (Å²) in [6.07, 6.45) is 0. The molecule has 0 N–H and O–H groups in total. The summed E-state index contributed by atoms with van der Waals surface area (Å²) in [5, 5.41) is 9.47. The molecule has 0 saturated carbocycles. The summed E-state index contributed by atoms with van der Waals surface area (Å²) < 4.78 is 13.3. The van der Waals surface area contributed by atoms with E-state index in [9.17, 15) is 0 Å². The third-order valence-corrected chi connectivity index (χ3v) is 9.25. The molecular formula is C42H24O2. The molecule has 1 aromatic heterocycles. The van der Waals surface area contributed by atoms with Crippen molar-refractivity contribution in [3.8, 4) is 44.9 Å². The Labute approximate surface area is 253 Å². The predicted molar refractivity (Wildman–Crippen MR) is 183 cm³/mol. The SMILES string of the molecule is c1ccc2c(-c3ccc4c(c3)Oc3cccc5c3c-4cc3oc4cc(-c6cccc7ccccc67)ccc4c35)cccc2c1. The maximum atomic E-state index is 6.66. The molecule has 0 radical (unpaired) electrons. The van der Waals surface area contributed by atoms with Gasteiger partial charge < -0.3 is 9.15 Å². The number of fused-ring (bicyclic) bond motifs is 8. The van der Waals surface area contributed by atoms with E-state index in [0.29, 0.717) is 0 Å². The lowest BCUT2D eigenvalue weighted by Gasteiger charge is -2.22. The molecule has 9 aromatic rings. The highest BCUT2D eigenvalue weighted by atomic mass is 16.5. The lowest BCUT2D eigenvalue weighted by molar-refractivity contribution is 0.487. The van der Waals surface area contributed by atoms with Gasteiger partial charge in [-0.2, -0.15) is 0 Å². The molecule has 2 heterocycles. The van der Waals surface area contributed by atoms with Gasteiger partial charge in [0.05, 0.1) is 0 Å². The van der Waals surface area contributed by atoms with E-state index in [1.165, 1.54) is 32.7 Å². The largest absolute Gasteiger partial charge is 0.456 e. The first-order chi connectivity index (χ1) is 21.8. The summed E-state index contributed by atoms with van der Waals surface area (Å²) >= 11 is 0. The van der Waals surface area contributed by atoms with Crippen LogP contribution in [0, 0.1) is 0 Å². The second-order valence-corrected chi connectivity index (χ2v) is 11.7. The zero-order chi connectivity index (χ0) is 28.8. The molecule has 0 fully saturated rings. The van der Waals surface area contributed by atoms with Gasteiger partial charge in [0.25, 0.3) is 0 Å². The first-order valence-corrected chi connectivity index (χ1v) is 15.0. The van der Waals surface area contributed by atoms with Crippen molar-refractivity contribution in [2.45, 2.75) is 0 Å². The number of ether oxygens (including phenoxy) is 1. The van der Waals surface area contributed by atoms with Crippen LogP contribution >= 0.6 is 0 Å². The quantitative estimate of drug-likeness (QED) is 0.210.